The molecule has 0 aliphatic rings. The molecule has 0 aliphatic carbocycles. The molecule has 4 aromatic rings. The molecule has 1 aromatic carbocycles. The monoisotopic (exact) mass is 398 g/mol. The van der Waals surface area contributed by atoms with Crippen molar-refractivity contribution in [1.29, 1.82) is 0 Å². The van der Waals surface area contributed by atoms with Gasteiger partial charge in [0, 0.05) is 35.3 Å². The Bertz CT molecular complexity index is 1180. The van der Waals surface area contributed by atoms with E-state index in [-0.39, 0.29) is 11.6 Å². The van der Waals surface area contributed by atoms with E-state index in [1.165, 1.54) is 12.3 Å². The molecule has 0 radical (unpaired) electrons. The molecule has 4 rings (SSSR count). The van der Waals surface area contributed by atoms with E-state index >= 15 is 0 Å². The quantitative estimate of drug-likeness (QED) is 0.549. The number of ether oxygens (including phenoxy) is 1. The van der Waals surface area contributed by atoms with Crippen LogP contribution in [-0.2, 0) is 7.05 Å². The van der Waals surface area contributed by atoms with Crippen LogP contribution in [0.1, 0.15) is 18.7 Å². The number of aromatic nitrogens is 6. The number of hydrogen-bond donors (Lipinski definition) is 1. The standard InChI is InChI=1S/C18H15ClN6O3/c1-10(14-8-15(28-24-14)11-4-3-5-13(19)6-11)27-18-23-22-17(25(18)2)12-7-16(26)21-20-9-12/h3-10H,1-2H3,(H,21,26)/t10-/m1/s1. The summed E-state index contributed by atoms with van der Waals surface area (Å²) in [5, 5.41) is 18.9. The van der Waals surface area contributed by atoms with Gasteiger partial charge in [0.2, 0.25) is 0 Å². The van der Waals surface area contributed by atoms with Crippen molar-refractivity contribution in [2.45, 2.75) is 13.0 Å². The van der Waals surface area contributed by atoms with Crippen LogP contribution in [0.2, 0.25) is 5.02 Å². The SMILES string of the molecule is C[C@@H](Oc1nnc(-c2cn[nH]c(=O)c2)n1C)c1cc(-c2cccc(Cl)c2)on1. The Hall–Kier alpha value is -3.46. The molecule has 0 spiro atoms. The van der Waals surface area contributed by atoms with Crippen LogP contribution in [0.5, 0.6) is 6.01 Å². The first-order valence-corrected chi connectivity index (χ1v) is 8.73. The number of hydrogen-bond acceptors (Lipinski definition) is 7. The van der Waals surface area contributed by atoms with Gasteiger partial charge in [-0.05, 0) is 19.1 Å². The highest BCUT2D eigenvalue weighted by molar-refractivity contribution is 6.30. The lowest BCUT2D eigenvalue weighted by Gasteiger charge is -2.10. The van der Waals surface area contributed by atoms with Gasteiger partial charge in [-0.2, -0.15) is 5.10 Å². The highest BCUT2D eigenvalue weighted by Gasteiger charge is 2.19. The second-order valence-electron chi connectivity index (χ2n) is 6.09. The predicted molar refractivity (Wildman–Crippen MR) is 101 cm³/mol. The molecule has 1 N–H and O–H groups in total. The molecular weight excluding hydrogens is 384 g/mol. The summed E-state index contributed by atoms with van der Waals surface area (Å²) >= 11 is 6.02. The van der Waals surface area contributed by atoms with Gasteiger partial charge < -0.3 is 9.26 Å². The van der Waals surface area contributed by atoms with Crippen molar-refractivity contribution < 1.29 is 9.26 Å². The van der Waals surface area contributed by atoms with Crippen LogP contribution in [-0.4, -0.2) is 30.1 Å². The number of halogens is 1. The van der Waals surface area contributed by atoms with Crippen LogP contribution < -0.4 is 10.3 Å². The van der Waals surface area contributed by atoms with Gasteiger partial charge in [0.15, 0.2) is 11.6 Å². The van der Waals surface area contributed by atoms with Crippen LogP contribution in [0.15, 0.2) is 51.9 Å². The first-order valence-electron chi connectivity index (χ1n) is 8.35. The second-order valence-corrected chi connectivity index (χ2v) is 6.52. The zero-order chi connectivity index (χ0) is 19.7. The Kier molecular flexibility index (Phi) is 4.66. The van der Waals surface area contributed by atoms with Gasteiger partial charge in [-0.25, -0.2) is 5.10 Å². The highest BCUT2D eigenvalue weighted by atomic mass is 35.5. The van der Waals surface area contributed by atoms with E-state index in [1.807, 2.05) is 19.1 Å². The zero-order valence-electron chi connectivity index (χ0n) is 15.0. The van der Waals surface area contributed by atoms with E-state index in [2.05, 4.69) is 25.6 Å². The number of aromatic amines is 1. The number of H-pyrrole nitrogens is 1. The van der Waals surface area contributed by atoms with E-state index in [0.717, 1.165) is 5.56 Å². The fourth-order valence-corrected chi connectivity index (χ4v) is 2.83. The average Bonchev–Trinajstić information content (AvgIpc) is 3.30. The maximum Gasteiger partial charge on any atom is 0.317 e. The molecule has 9 nitrogen and oxygen atoms in total. The fraction of sp³-hybridized carbons (Fsp3) is 0.167. The van der Waals surface area contributed by atoms with Crippen LogP contribution in [0.4, 0.5) is 0 Å². The van der Waals surface area contributed by atoms with Gasteiger partial charge in [-0.3, -0.25) is 9.36 Å². The smallest absolute Gasteiger partial charge is 0.317 e. The number of nitrogens with one attached hydrogen (secondary N) is 1. The second kappa shape index (κ2) is 7.28. The topological polar surface area (TPSA) is 112 Å². The summed E-state index contributed by atoms with van der Waals surface area (Å²) < 4.78 is 12.9. The first-order chi connectivity index (χ1) is 13.5. The number of benzene rings is 1. The van der Waals surface area contributed by atoms with Crippen molar-refractivity contribution in [3.8, 4) is 28.7 Å². The summed E-state index contributed by atoms with van der Waals surface area (Å²) in [7, 11) is 1.73. The lowest BCUT2D eigenvalue weighted by atomic mass is 10.1. The summed E-state index contributed by atoms with van der Waals surface area (Å²) in [6.07, 6.45) is 1.05. The molecule has 28 heavy (non-hydrogen) atoms. The highest BCUT2D eigenvalue weighted by Crippen LogP contribution is 2.28. The molecule has 0 unspecified atom stereocenters. The summed E-state index contributed by atoms with van der Waals surface area (Å²) in [4.78, 5) is 11.5. The Morgan fingerprint density at radius 2 is 2.07 bits per heavy atom. The van der Waals surface area contributed by atoms with Crippen molar-refractivity contribution in [2.75, 3.05) is 0 Å². The Balaban J connectivity index is 1.55. The van der Waals surface area contributed by atoms with Gasteiger partial charge in [0.05, 0.1) is 6.20 Å². The third kappa shape index (κ3) is 3.52. The maximum absolute atomic E-state index is 11.5. The number of rotatable bonds is 5. The van der Waals surface area contributed by atoms with E-state index in [4.69, 9.17) is 20.9 Å². The predicted octanol–water partition coefficient (Wildman–Crippen LogP) is 3.01. The molecule has 0 aliphatic heterocycles. The summed E-state index contributed by atoms with van der Waals surface area (Å²) in [6.45, 7) is 1.82. The lowest BCUT2D eigenvalue weighted by Crippen LogP contribution is -2.09. The van der Waals surface area contributed by atoms with Crippen LogP contribution in [0, 0.1) is 0 Å². The van der Waals surface area contributed by atoms with E-state index < -0.39 is 6.10 Å². The first kappa shape index (κ1) is 17.9. The van der Waals surface area contributed by atoms with Crippen molar-refractivity contribution >= 4 is 11.6 Å². The molecule has 0 amide bonds. The molecule has 3 aromatic heterocycles. The molecule has 142 valence electrons. The largest absolute Gasteiger partial charge is 0.454 e. The van der Waals surface area contributed by atoms with Crippen molar-refractivity contribution in [1.82, 2.24) is 30.1 Å². The van der Waals surface area contributed by atoms with E-state index in [0.29, 0.717) is 27.9 Å². The van der Waals surface area contributed by atoms with Gasteiger partial charge in [-0.1, -0.05) is 34.0 Å². The minimum absolute atomic E-state index is 0.273. The lowest BCUT2D eigenvalue weighted by molar-refractivity contribution is 0.190. The van der Waals surface area contributed by atoms with Crippen molar-refractivity contribution in [3.05, 3.63) is 63.7 Å². The molecule has 0 fully saturated rings. The van der Waals surface area contributed by atoms with Gasteiger partial charge in [-0.15, -0.1) is 5.10 Å². The normalized spacial score (nSPS) is 12.1. The third-order valence-corrected chi connectivity index (χ3v) is 4.33. The summed E-state index contributed by atoms with van der Waals surface area (Å²) in [6, 6.07) is 10.7. The molecule has 3 heterocycles. The molecule has 0 saturated carbocycles. The van der Waals surface area contributed by atoms with E-state index in [9.17, 15) is 4.79 Å². The zero-order valence-corrected chi connectivity index (χ0v) is 15.7. The van der Waals surface area contributed by atoms with Gasteiger partial charge >= 0.3 is 6.01 Å². The summed E-state index contributed by atoms with van der Waals surface area (Å²) in [5.74, 6) is 1.04. The van der Waals surface area contributed by atoms with Crippen LogP contribution in [0.25, 0.3) is 22.7 Å². The van der Waals surface area contributed by atoms with Gasteiger partial charge in [0.25, 0.3) is 5.56 Å². The molecule has 0 bridgehead atoms. The minimum atomic E-state index is -0.440. The van der Waals surface area contributed by atoms with Crippen LogP contribution >= 0.6 is 11.6 Å². The Morgan fingerprint density at radius 1 is 1.21 bits per heavy atom. The average molecular weight is 399 g/mol. The van der Waals surface area contributed by atoms with Crippen LogP contribution in [0.3, 0.4) is 0 Å². The maximum atomic E-state index is 11.5. The molecule has 10 heteroatoms. The Morgan fingerprint density at radius 3 is 2.86 bits per heavy atom. The molecule has 0 saturated heterocycles. The number of nitrogens with zero attached hydrogens (tertiary/aromatic N) is 5. The Labute approximate surface area is 163 Å². The van der Waals surface area contributed by atoms with Gasteiger partial charge in [0.1, 0.15) is 11.8 Å². The fourth-order valence-electron chi connectivity index (χ4n) is 2.64. The molecular formula is C18H15ClN6O3. The van der Waals surface area contributed by atoms with Crippen molar-refractivity contribution in [3.63, 3.8) is 0 Å². The third-order valence-electron chi connectivity index (χ3n) is 4.09. The minimum Gasteiger partial charge on any atom is -0.454 e. The van der Waals surface area contributed by atoms with E-state index in [1.54, 1.807) is 29.8 Å². The molecule has 1 atom stereocenters. The van der Waals surface area contributed by atoms with Crippen molar-refractivity contribution in [2.24, 2.45) is 7.05 Å². The summed E-state index contributed by atoms with van der Waals surface area (Å²) in [5.41, 5.74) is 1.62.